The summed E-state index contributed by atoms with van der Waals surface area (Å²) in [5, 5.41) is 4.20. The molecule has 0 aliphatic rings. The van der Waals surface area contributed by atoms with Gasteiger partial charge in [0.15, 0.2) is 0 Å². The van der Waals surface area contributed by atoms with E-state index in [2.05, 4.69) is 34.6 Å². The second-order valence-electron chi connectivity index (χ2n) is 4.49. The van der Waals surface area contributed by atoms with Gasteiger partial charge in [0.2, 0.25) is 0 Å². The van der Waals surface area contributed by atoms with Crippen LogP contribution in [0.1, 0.15) is 25.0 Å². The van der Waals surface area contributed by atoms with Crippen LogP contribution in [0.25, 0.3) is 0 Å². The summed E-state index contributed by atoms with van der Waals surface area (Å²) < 4.78 is 8.96. The number of halogens is 1. The van der Waals surface area contributed by atoms with Crippen molar-refractivity contribution in [2.45, 2.75) is 25.5 Å². The molecule has 4 nitrogen and oxygen atoms in total. The Morgan fingerprint density at radius 3 is 2.74 bits per heavy atom. The molecule has 0 amide bonds. The highest BCUT2D eigenvalue weighted by Crippen LogP contribution is 2.28. The summed E-state index contributed by atoms with van der Waals surface area (Å²) >= 11 is 2.27. The Morgan fingerprint density at radius 2 is 2.16 bits per heavy atom. The van der Waals surface area contributed by atoms with Gasteiger partial charge in [0, 0.05) is 24.8 Å². The Labute approximate surface area is 127 Å². The van der Waals surface area contributed by atoms with Gasteiger partial charge in [-0.15, -0.1) is 0 Å². The third-order valence-electron chi connectivity index (χ3n) is 3.00. The first kappa shape index (κ1) is 14.3. The van der Waals surface area contributed by atoms with Gasteiger partial charge >= 0.3 is 0 Å². The van der Waals surface area contributed by atoms with E-state index in [0.717, 1.165) is 21.3 Å². The quantitative estimate of drug-likeness (QED) is 0.823. The lowest BCUT2D eigenvalue weighted by Crippen LogP contribution is -2.31. The van der Waals surface area contributed by atoms with Crippen LogP contribution in [0.15, 0.2) is 36.7 Å². The van der Waals surface area contributed by atoms with Crippen molar-refractivity contribution in [2.24, 2.45) is 12.8 Å². The fraction of sp³-hybridized carbons (Fsp3) is 0.357. The lowest BCUT2D eigenvalue weighted by molar-refractivity contribution is 0.169. The Kier molecular flexibility index (Phi) is 4.81. The topological polar surface area (TPSA) is 53.1 Å². The van der Waals surface area contributed by atoms with E-state index in [1.165, 1.54) is 0 Å². The van der Waals surface area contributed by atoms with E-state index < -0.39 is 0 Å². The van der Waals surface area contributed by atoms with Gasteiger partial charge in [0.05, 0.1) is 9.77 Å². The summed E-state index contributed by atoms with van der Waals surface area (Å²) in [6.07, 6.45) is 4.45. The molecule has 19 heavy (non-hydrogen) atoms. The normalized spacial score (nSPS) is 14.1. The van der Waals surface area contributed by atoms with Gasteiger partial charge in [-0.1, -0.05) is 19.1 Å². The first-order valence-corrected chi connectivity index (χ1v) is 7.35. The van der Waals surface area contributed by atoms with Crippen molar-refractivity contribution in [1.82, 2.24) is 9.78 Å². The number of nitrogens with zero attached hydrogens (tertiary/aromatic N) is 2. The van der Waals surface area contributed by atoms with Crippen LogP contribution < -0.4 is 10.5 Å². The molecule has 0 bridgehead atoms. The number of aryl methyl sites for hydroxylation is 1. The van der Waals surface area contributed by atoms with Crippen LogP contribution in [-0.2, 0) is 7.05 Å². The Balaban J connectivity index is 2.27. The smallest absolute Gasteiger partial charge is 0.142 e. The maximum atomic E-state index is 6.19. The van der Waals surface area contributed by atoms with Crippen molar-refractivity contribution < 1.29 is 4.74 Å². The molecule has 2 unspecified atom stereocenters. The second kappa shape index (κ2) is 6.38. The van der Waals surface area contributed by atoms with Gasteiger partial charge in [-0.05, 0) is 41.1 Å². The first-order valence-electron chi connectivity index (χ1n) is 6.27. The molecule has 0 spiro atoms. The van der Waals surface area contributed by atoms with Gasteiger partial charge in [-0.3, -0.25) is 4.68 Å². The molecule has 0 saturated heterocycles. The minimum atomic E-state index is -0.172. The number of aromatic nitrogens is 2. The summed E-state index contributed by atoms with van der Waals surface area (Å²) in [4.78, 5) is 0. The Bertz CT molecular complexity index is 541. The van der Waals surface area contributed by atoms with E-state index >= 15 is 0 Å². The molecule has 0 saturated carbocycles. The fourth-order valence-electron chi connectivity index (χ4n) is 1.88. The van der Waals surface area contributed by atoms with E-state index in [9.17, 15) is 0 Å². The van der Waals surface area contributed by atoms with Crippen molar-refractivity contribution in [2.75, 3.05) is 0 Å². The standard InChI is InChI=1S/C14H18IN3O/c1-3-12(16)14(10-8-17-18(2)9-10)19-13-7-5-4-6-11(13)15/h4-9,12,14H,3,16H2,1-2H3. The zero-order chi connectivity index (χ0) is 13.8. The first-order chi connectivity index (χ1) is 9.11. The molecule has 0 radical (unpaired) electrons. The highest BCUT2D eigenvalue weighted by atomic mass is 127. The lowest BCUT2D eigenvalue weighted by Gasteiger charge is -2.24. The lowest BCUT2D eigenvalue weighted by atomic mass is 10.0. The van der Waals surface area contributed by atoms with E-state index in [1.54, 1.807) is 4.68 Å². The van der Waals surface area contributed by atoms with Gasteiger partial charge in [0.1, 0.15) is 11.9 Å². The predicted octanol–water partition coefficient (Wildman–Crippen LogP) is 2.88. The number of hydrogen-bond donors (Lipinski definition) is 1. The van der Waals surface area contributed by atoms with Crippen molar-refractivity contribution in [3.63, 3.8) is 0 Å². The molecule has 2 atom stereocenters. The largest absolute Gasteiger partial charge is 0.483 e. The molecule has 2 N–H and O–H groups in total. The van der Waals surface area contributed by atoms with Gasteiger partial charge < -0.3 is 10.5 Å². The molecule has 2 aromatic rings. The molecule has 102 valence electrons. The third-order valence-corrected chi connectivity index (χ3v) is 3.90. The average Bonchev–Trinajstić information content (AvgIpc) is 2.83. The summed E-state index contributed by atoms with van der Waals surface area (Å²) in [7, 11) is 1.89. The summed E-state index contributed by atoms with van der Waals surface area (Å²) in [6.45, 7) is 2.06. The zero-order valence-electron chi connectivity index (χ0n) is 11.1. The number of benzene rings is 1. The van der Waals surface area contributed by atoms with Crippen LogP contribution in [0.3, 0.4) is 0 Å². The minimum Gasteiger partial charge on any atom is -0.483 e. The van der Waals surface area contributed by atoms with Crippen LogP contribution >= 0.6 is 22.6 Å². The molecule has 5 heteroatoms. The van der Waals surface area contributed by atoms with Gasteiger partial charge in [-0.25, -0.2) is 0 Å². The highest BCUT2D eigenvalue weighted by molar-refractivity contribution is 14.1. The van der Waals surface area contributed by atoms with Gasteiger partial charge in [-0.2, -0.15) is 5.10 Å². The predicted molar refractivity (Wildman–Crippen MR) is 84.0 cm³/mol. The summed E-state index contributed by atoms with van der Waals surface area (Å²) in [5.41, 5.74) is 7.20. The Morgan fingerprint density at radius 1 is 1.42 bits per heavy atom. The van der Waals surface area contributed by atoms with Crippen molar-refractivity contribution in [3.8, 4) is 5.75 Å². The number of hydrogen-bond acceptors (Lipinski definition) is 3. The van der Waals surface area contributed by atoms with Crippen molar-refractivity contribution in [3.05, 3.63) is 45.8 Å². The summed E-state index contributed by atoms with van der Waals surface area (Å²) in [5.74, 6) is 0.862. The molecule has 1 heterocycles. The van der Waals surface area contributed by atoms with E-state index in [1.807, 2.05) is 43.7 Å². The van der Waals surface area contributed by atoms with Crippen LogP contribution in [0.2, 0.25) is 0 Å². The average molecular weight is 371 g/mol. The molecule has 0 aliphatic carbocycles. The SMILES string of the molecule is CCC(N)C(Oc1ccccc1I)c1cnn(C)c1. The summed E-state index contributed by atoms with van der Waals surface area (Å²) in [6, 6.07) is 7.89. The van der Waals surface area contributed by atoms with Crippen LogP contribution in [0.5, 0.6) is 5.75 Å². The molecule has 2 rings (SSSR count). The molecular weight excluding hydrogens is 353 g/mol. The van der Waals surface area contributed by atoms with Crippen molar-refractivity contribution in [1.29, 1.82) is 0 Å². The zero-order valence-corrected chi connectivity index (χ0v) is 13.2. The Hall–Kier alpha value is -1.08. The van der Waals surface area contributed by atoms with Crippen LogP contribution in [0.4, 0.5) is 0 Å². The molecule has 1 aromatic heterocycles. The van der Waals surface area contributed by atoms with E-state index in [-0.39, 0.29) is 12.1 Å². The second-order valence-corrected chi connectivity index (χ2v) is 5.65. The molecule has 0 fully saturated rings. The number of ether oxygens (including phenoxy) is 1. The number of rotatable bonds is 5. The minimum absolute atomic E-state index is 0.0554. The van der Waals surface area contributed by atoms with Crippen molar-refractivity contribution >= 4 is 22.6 Å². The van der Waals surface area contributed by atoms with Gasteiger partial charge in [0.25, 0.3) is 0 Å². The number of para-hydroxylation sites is 1. The van der Waals surface area contributed by atoms with E-state index in [4.69, 9.17) is 10.5 Å². The maximum Gasteiger partial charge on any atom is 0.142 e. The molecular formula is C14H18IN3O. The van der Waals surface area contributed by atoms with Crippen LogP contribution in [0, 0.1) is 3.57 Å². The monoisotopic (exact) mass is 371 g/mol. The van der Waals surface area contributed by atoms with E-state index in [0.29, 0.717) is 0 Å². The number of nitrogens with two attached hydrogens (primary N) is 1. The fourth-order valence-corrected chi connectivity index (χ4v) is 2.40. The third kappa shape index (κ3) is 3.48. The molecule has 0 aliphatic heterocycles. The highest BCUT2D eigenvalue weighted by Gasteiger charge is 2.22. The maximum absolute atomic E-state index is 6.19. The molecule has 1 aromatic carbocycles. The van der Waals surface area contributed by atoms with Crippen LogP contribution in [-0.4, -0.2) is 15.8 Å².